The van der Waals surface area contributed by atoms with Crippen LogP contribution in [0.4, 0.5) is 0 Å². The van der Waals surface area contributed by atoms with Crippen molar-refractivity contribution in [2.75, 3.05) is 0 Å². The summed E-state index contributed by atoms with van der Waals surface area (Å²) in [7, 11) is -3.21. The Labute approximate surface area is 95.2 Å². The monoisotopic (exact) mass is 232 g/mol. The van der Waals surface area contributed by atoms with E-state index in [9.17, 15) is 8.42 Å². The number of sulfone groups is 1. The minimum Gasteiger partial charge on any atom is -0.219 e. The zero-order valence-corrected chi connectivity index (χ0v) is 9.63. The fourth-order valence-corrected chi connectivity index (χ4v) is 4.29. The first kappa shape index (κ1) is 9.85. The Balaban J connectivity index is 2.29. The van der Waals surface area contributed by atoms with Crippen LogP contribution < -0.4 is 0 Å². The summed E-state index contributed by atoms with van der Waals surface area (Å²) in [5.74, 6) is 0. The van der Waals surface area contributed by atoms with Crippen molar-refractivity contribution in [2.45, 2.75) is 24.2 Å². The van der Waals surface area contributed by atoms with Crippen molar-refractivity contribution in [1.82, 2.24) is 0 Å². The number of benzene rings is 1. The van der Waals surface area contributed by atoms with Crippen molar-refractivity contribution in [3.63, 3.8) is 0 Å². The Kier molecular flexibility index (Phi) is 2.04. The molecule has 0 N–H and O–H groups in total. The van der Waals surface area contributed by atoms with Gasteiger partial charge in [0, 0.05) is 0 Å². The van der Waals surface area contributed by atoms with E-state index in [0.29, 0.717) is 16.2 Å². The van der Waals surface area contributed by atoms with Crippen molar-refractivity contribution in [2.24, 2.45) is 0 Å². The fourth-order valence-electron chi connectivity index (χ4n) is 2.41. The lowest BCUT2D eigenvalue weighted by Crippen LogP contribution is -2.17. The van der Waals surface area contributed by atoms with Gasteiger partial charge in [0.05, 0.1) is 9.80 Å². The molecule has 1 aliphatic heterocycles. The van der Waals surface area contributed by atoms with Gasteiger partial charge >= 0.3 is 0 Å². The van der Waals surface area contributed by atoms with Crippen molar-refractivity contribution >= 4 is 9.84 Å². The molecule has 0 unspecified atom stereocenters. The average molecular weight is 232 g/mol. The van der Waals surface area contributed by atoms with Crippen LogP contribution in [0.2, 0.25) is 0 Å². The van der Waals surface area contributed by atoms with E-state index >= 15 is 0 Å². The maximum atomic E-state index is 12.3. The Hall–Kier alpha value is -1.35. The van der Waals surface area contributed by atoms with E-state index < -0.39 is 9.84 Å². The van der Waals surface area contributed by atoms with E-state index in [1.54, 1.807) is 12.1 Å². The summed E-state index contributed by atoms with van der Waals surface area (Å²) < 4.78 is 24.7. The molecule has 0 saturated heterocycles. The number of fused-ring (bicyclic) bond motifs is 1. The first-order chi connectivity index (χ1) is 7.69. The lowest BCUT2D eigenvalue weighted by molar-refractivity contribution is 0.596. The summed E-state index contributed by atoms with van der Waals surface area (Å²) in [6.07, 6.45) is 6.26. The van der Waals surface area contributed by atoms with Crippen LogP contribution in [-0.2, 0) is 16.3 Å². The third kappa shape index (κ3) is 1.28. The van der Waals surface area contributed by atoms with Gasteiger partial charge in [0.2, 0.25) is 9.84 Å². The molecular formula is C13H12O2S. The van der Waals surface area contributed by atoms with Gasteiger partial charge in [-0.2, -0.15) is 0 Å². The second kappa shape index (κ2) is 3.32. The van der Waals surface area contributed by atoms with E-state index in [4.69, 9.17) is 0 Å². The maximum Gasteiger partial charge on any atom is 0.203 e. The van der Waals surface area contributed by atoms with Crippen molar-refractivity contribution in [3.8, 4) is 0 Å². The van der Waals surface area contributed by atoms with Crippen LogP contribution in [0.1, 0.15) is 18.4 Å². The van der Waals surface area contributed by atoms with E-state index in [0.717, 1.165) is 24.0 Å². The second-order valence-electron chi connectivity index (χ2n) is 4.18. The van der Waals surface area contributed by atoms with Gasteiger partial charge in [-0.1, -0.05) is 30.4 Å². The molecule has 3 rings (SSSR count). The highest BCUT2D eigenvalue weighted by molar-refractivity contribution is 7.95. The lowest BCUT2D eigenvalue weighted by Gasteiger charge is -2.23. The van der Waals surface area contributed by atoms with Gasteiger partial charge in [0.15, 0.2) is 0 Å². The number of rotatable bonds is 0. The minimum absolute atomic E-state index is 0.504. The highest BCUT2D eigenvalue weighted by Gasteiger charge is 2.30. The summed E-state index contributed by atoms with van der Waals surface area (Å²) in [6.45, 7) is 0. The third-order valence-corrected chi connectivity index (χ3v) is 5.28. The normalized spacial score (nSPS) is 21.5. The van der Waals surface area contributed by atoms with Crippen LogP contribution in [-0.4, -0.2) is 8.42 Å². The molecule has 0 aromatic heterocycles. The van der Waals surface area contributed by atoms with Crippen LogP contribution >= 0.6 is 0 Å². The SMILES string of the molecule is O=S1(=O)C2=C(C=CCC2)Cc2ccccc21. The molecule has 1 aromatic carbocycles. The van der Waals surface area contributed by atoms with Gasteiger partial charge in [0.25, 0.3) is 0 Å². The molecule has 2 nitrogen and oxygen atoms in total. The molecule has 0 atom stereocenters. The first-order valence-corrected chi connectivity index (χ1v) is 6.89. The smallest absolute Gasteiger partial charge is 0.203 e. The summed E-state index contributed by atoms with van der Waals surface area (Å²) in [4.78, 5) is 1.14. The second-order valence-corrected chi connectivity index (χ2v) is 6.12. The van der Waals surface area contributed by atoms with Crippen LogP contribution in [0.3, 0.4) is 0 Å². The Morgan fingerprint density at radius 1 is 1.12 bits per heavy atom. The Bertz CT molecular complexity index is 607. The zero-order valence-electron chi connectivity index (χ0n) is 8.81. The first-order valence-electron chi connectivity index (χ1n) is 5.41. The van der Waals surface area contributed by atoms with Crippen molar-refractivity contribution in [1.29, 1.82) is 0 Å². The Morgan fingerprint density at radius 3 is 2.81 bits per heavy atom. The molecule has 0 saturated carbocycles. The summed E-state index contributed by atoms with van der Waals surface area (Å²) in [5.41, 5.74) is 1.90. The van der Waals surface area contributed by atoms with E-state index in [1.807, 2.05) is 18.2 Å². The van der Waals surface area contributed by atoms with E-state index in [1.165, 1.54) is 0 Å². The molecule has 16 heavy (non-hydrogen) atoms. The molecule has 0 spiro atoms. The third-order valence-electron chi connectivity index (χ3n) is 3.18. The molecule has 0 radical (unpaired) electrons. The van der Waals surface area contributed by atoms with Crippen LogP contribution in [0.25, 0.3) is 0 Å². The minimum atomic E-state index is -3.21. The molecule has 1 heterocycles. The van der Waals surface area contributed by atoms with Crippen molar-refractivity contribution < 1.29 is 8.42 Å². The highest BCUT2D eigenvalue weighted by atomic mass is 32.2. The molecule has 82 valence electrons. The number of hydrogen-bond acceptors (Lipinski definition) is 2. The number of allylic oxidation sites excluding steroid dienone is 4. The van der Waals surface area contributed by atoms with Gasteiger partial charge in [-0.05, 0) is 36.5 Å². The van der Waals surface area contributed by atoms with Gasteiger partial charge in [-0.25, -0.2) is 8.42 Å². The summed E-state index contributed by atoms with van der Waals surface area (Å²) in [5, 5.41) is 0. The standard InChI is InChI=1S/C13H12O2S/c14-16(15)12-7-3-1-5-10(12)9-11-6-2-4-8-13(11)16/h1-3,5-7H,4,8-9H2. The van der Waals surface area contributed by atoms with Gasteiger partial charge in [-0.15, -0.1) is 0 Å². The van der Waals surface area contributed by atoms with Crippen LogP contribution in [0.5, 0.6) is 0 Å². The van der Waals surface area contributed by atoms with E-state index in [-0.39, 0.29) is 0 Å². The predicted molar refractivity (Wildman–Crippen MR) is 62.7 cm³/mol. The van der Waals surface area contributed by atoms with Crippen LogP contribution in [0.15, 0.2) is 51.8 Å². The highest BCUT2D eigenvalue weighted by Crippen LogP contribution is 2.37. The topological polar surface area (TPSA) is 34.1 Å². The molecule has 0 fully saturated rings. The predicted octanol–water partition coefficient (Wildman–Crippen LogP) is 2.62. The number of hydrogen-bond donors (Lipinski definition) is 0. The molecule has 0 bridgehead atoms. The maximum absolute atomic E-state index is 12.3. The van der Waals surface area contributed by atoms with Gasteiger partial charge in [0.1, 0.15) is 0 Å². The van der Waals surface area contributed by atoms with Crippen LogP contribution in [0, 0.1) is 0 Å². The molecule has 0 amide bonds. The molecule has 3 heteroatoms. The molecule has 1 aromatic rings. The molecule has 1 aliphatic carbocycles. The Morgan fingerprint density at radius 2 is 1.94 bits per heavy atom. The van der Waals surface area contributed by atoms with Gasteiger partial charge in [-0.3, -0.25) is 0 Å². The lowest BCUT2D eigenvalue weighted by atomic mass is 9.99. The average Bonchev–Trinajstić information content (AvgIpc) is 2.29. The summed E-state index contributed by atoms with van der Waals surface area (Å²) in [6, 6.07) is 7.30. The fraction of sp³-hybridized carbons (Fsp3) is 0.231. The van der Waals surface area contributed by atoms with Gasteiger partial charge < -0.3 is 0 Å². The molecule has 2 aliphatic rings. The van der Waals surface area contributed by atoms with E-state index in [2.05, 4.69) is 6.08 Å². The quantitative estimate of drug-likeness (QED) is 0.689. The summed E-state index contributed by atoms with van der Waals surface area (Å²) >= 11 is 0. The molecular weight excluding hydrogens is 220 g/mol. The van der Waals surface area contributed by atoms with Crippen molar-refractivity contribution in [3.05, 3.63) is 52.5 Å². The zero-order chi connectivity index (χ0) is 11.2. The largest absolute Gasteiger partial charge is 0.219 e.